The van der Waals surface area contributed by atoms with E-state index in [1.54, 1.807) is 6.08 Å². The highest BCUT2D eigenvalue weighted by Crippen LogP contribution is 2.72. The Bertz CT molecular complexity index is 2210. The number of carbonyl (C=O) groups is 4. The topological polar surface area (TPSA) is 168 Å². The molecule has 10 nitrogen and oxygen atoms in total. The maximum Gasteiger partial charge on any atom is 0.343 e. The molecule has 12 atom stereocenters. The number of phenolic OH excluding ortho intramolecular Hbond substituents is 2. The predicted molar refractivity (Wildman–Crippen MR) is 220 cm³/mol. The van der Waals surface area contributed by atoms with Gasteiger partial charge in [-0.15, -0.1) is 0 Å². The van der Waals surface area contributed by atoms with E-state index in [4.69, 9.17) is 9.47 Å². The summed E-state index contributed by atoms with van der Waals surface area (Å²) in [7, 11) is 0. The fraction of sp³-hybridized carbons (Fsp3) is 0.551. The minimum absolute atomic E-state index is 0.00292. The largest absolute Gasteiger partial charge is 0.508 e. The van der Waals surface area contributed by atoms with Gasteiger partial charge in [-0.1, -0.05) is 76.5 Å². The molecule has 1 aromatic carbocycles. The Labute approximate surface area is 346 Å². The highest BCUT2D eigenvalue weighted by atomic mass is 16.6. The third-order valence-electron chi connectivity index (χ3n) is 16.0. The van der Waals surface area contributed by atoms with Gasteiger partial charge in [0.2, 0.25) is 17.2 Å². The zero-order valence-corrected chi connectivity index (χ0v) is 35.4. The minimum Gasteiger partial charge on any atom is -0.508 e. The van der Waals surface area contributed by atoms with Crippen molar-refractivity contribution in [3.8, 4) is 11.5 Å². The maximum atomic E-state index is 14.1. The number of esters is 1. The summed E-state index contributed by atoms with van der Waals surface area (Å²) >= 11 is 0. The number of carbonyl (C=O) groups excluding carboxylic acids is 3. The Kier molecular flexibility index (Phi) is 9.89. The Morgan fingerprint density at radius 3 is 2.37 bits per heavy atom. The molecule has 0 bridgehead atoms. The van der Waals surface area contributed by atoms with E-state index < -0.39 is 52.8 Å². The lowest BCUT2D eigenvalue weighted by Gasteiger charge is -2.58. The Morgan fingerprint density at radius 2 is 1.69 bits per heavy atom. The zero-order valence-electron chi connectivity index (χ0n) is 35.4. The number of carboxylic acids is 1. The van der Waals surface area contributed by atoms with Gasteiger partial charge in [-0.3, -0.25) is 14.4 Å². The van der Waals surface area contributed by atoms with Crippen LogP contribution in [0.1, 0.15) is 103 Å². The molecular weight excluding hydrogens is 749 g/mol. The van der Waals surface area contributed by atoms with Crippen LogP contribution in [0.25, 0.3) is 0 Å². The summed E-state index contributed by atoms with van der Waals surface area (Å²) < 4.78 is 12.0. The molecule has 314 valence electrons. The van der Waals surface area contributed by atoms with Crippen molar-refractivity contribution in [3.05, 3.63) is 93.5 Å². The van der Waals surface area contributed by atoms with Crippen molar-refractivity contribution in [1.82, 2.24) is 0 Å². The number of allylic oxidation sites excluding steroid dienone is 8. The van der Waals surface area contributed by atoms with Crippen molar-refractivity contribution < 1.29 is 49.1 Å². The number of aromatic hydroxyl groups is 2. The molecule has 0 spiro atoms. The van der Waals surface area contributed by atoms with E-state index in [0.29, 0.717) is 24.0 Å². The molecule has 6 aliphatic carbocycles. The number of Topliss-reactive ketones (excluding diaryl/α,β-unsaturated/α-hetero) is 1. The van der Waals surface area contributed by atoms with Crippen molar-refractivity contribution in [2.24, 2.45) is 64.1 Å². The lowest BCUT2D eigenvalue weighted by molar-refractivity contribution is -0.147. The lowest BCUT2D eigenvalue weighted by atomic mass is 9.46. The van der Waals surface area contributed by atoms with E-state index >= 15 is 0 Å². The Morgan fingerprint density at radius 1 is 0.983 bits per heavy atom. The summed E-state index contributed by atoms with van der Waals surface area (Å²) in [5, 5.41) is 42.6. The van der Waals surface area contributed by atoms with Crippen LogP contribution in [-0.2, 0) is 23.9 Å². The Balaban J connectivity index is 1.21. The van der Waals surface area contributed by atoms with E-state index in [2.05, 4.69) is 59.8 Å². The van der Waals surface area contributed by atoms with Crippen LogP contribution in [0.15, 0.2) is 82.4 Å². The van der Waals surface area contributed by atoms with Crippen molar-refractivity contribution >= 4 is 23.5 Å². The van der Waals surface area contributed by atoms with Crippen LogP contribution in [0.2, 0.25) is 0 Å². The first-order chi connectivity index (χ1) is 27.7. The second-order valence-corrected chi connectivity index (χ2v) is 19.7. The molecule has 8 rings (SSSR count). The van der Waals surface area contributed by atoms with E-state index in [9.17, 15) is 39.6 Å². The van der Waals surface area contributed by atoms with E-state index in [0.717, 1.165) is 38.2 Å². The van der Waals surface area contributed by atoms with Gasteiger partial charge in [0.05, 0.1) is 17.6 Å². The molecule has 0 radical (unpaired) electrons. The number of phenols is 2. The normalized spacial score (nSPS) is 37.0. The first-order valence-electron chi connectivity index (χ1n) is 21.4. The molecule has 0 amide bonds. The summed E-state index contributed by atoms with van der Waals surface area (Å²) in [6.07, 6.45) is 15.4. The number of benzene rings is 1. The molecule has 0 saturated heterocycles. The van der Waals surface area contributed by atoms with Gasteiger partial charge in [-0.2, -0.15) is 0 Å². The zero-order chi connectivity index (χ0) is 42.7. The van der Waals surface area contributed by atoms with Crippen molar-refractivity contribution in [2.45, 2.75) is 106 Å². The lowest BCUT2D eigenvalue weighted by Crippen LogP contribution is -2.52. The number of carboxylic acid groups (broad SMARTS) is 1. The van der Waals surface area contributed by atoms with Crippen molar-refractivity contribution in [2.75, 3.05) is 0 Å². The first kappa shape index (κ1) is 41.1. The SMILES string of the molecule is Cc1cc(O)cc(O)c1C(=O)OC1(C)C(=O)C=C2C=C(C3C4C=C5CC(O)CCC5(C)C5CCC6(C)C(=C45)C(CC6C(C)/C=C/C(C)C(C)C)C3C(=O)O)OC=C2C1=O. The molecule has 2 saturated carbocycles. The molecule has 0 aromatic heterocycles. The summed E-state index contributed by atoms with van der Waals surface area (Å²) in [4.78, 5) is 55.2. The van der Waals surface area contributed by atoms with Crippen LogP contribution in [-0.4, -0.2) is 55.6 Å². The second kappa shape index (κ2) is 14.2. The van der Waals surface area contributed by atoms with Gasteiger partial charge in [-0.25, -0.2) is 4.79 Å². The van der Waals surface area contributed by atoms with Gasteiger partial charge in [0.15, 0.2) is 0 Å². The summed E-state index contributed by atoms with van der Waals surface area (Å²) in [6.45, 7) is 16.4. The average molecular weight is 807 g/mol. The van der Waals surface area contributed by atoms with Gasteiger partial charge < -0.3 is 29.9 Å². The monoisotopic (exact) mass is 806 g/mol. The first-order valence-corrected chi connectivity index (χ1v) is 21.4. The highest BCUT2D eigenvalue weighted by molar-refractivity contribution is 6.26. The quantitative estimate of drug-likeness (QED) is 0.114. The number of aliphatic hydroxyl groups is 1. The van der Waals surface area contributed by atoms with Crippen LogP contribution < -0.4 is 0 Å². The predicted octanol–water partition coefficient (Wildman–Crippen LogP) is 8.47. The van der Waals surface area contributed by atoms with E-state index in [1.165, 1.54) is 49.0 Å². The van der Waals surface area contributed by atoms with Crippen LogP contribution in [0.3, 0.4) is 0 Å². The van der Waals surface area contributed by atoms with Crippen LogP contribution in [0.4, 0.5) is 0 Å². The number of hydrogen-bond donors (Lipinski definition) is 4. The molecule has 10 heteroatoms. The number of hydrogen-bond acceptors (Lipinski definition) is 9. The summed E-state index contributed by atoms with van der Waals surface area (Å²) in [5.41, 5.74) is 1.35. The molecule has 1 aliphatic heterocycles. The number of aliphatic hydroxyl groups excluding tert-OH is 1. The standard InChI is InChI=1S/C49H58O10/c1-23(2)24(3)9-10-25(4)35-21-32-42(45(55)56)41(31-19-28-18-29(50)11-13-47(28,6)34-12-14-48(35,7)43(32)40(31)34)37-16-27-17-38(53)49(8,44(54)33(27)22-58-37)59-46(57)39-26(5)15-30(51)20-36(39)52/h9-10,15-17,19-20,22-25,29,31-32,34-35,41-42,50-52H,11-14,18,21H2,1-8H3,(H,55,56)/b10-9+. The maximum absolute atomic E-state index is 14.1. The third kappa shape index (κ3) is 6.21. The molecule has 12 unspecified atom stereocenters. The summed E-state index contributed by atoms with van der Waals surface area (Å²) in [5.74, 6) is -4.61. The van der Waals surface area contributed by atoms with Gasteiger partial charge in [-0.05, 0) is 128 Å². The van der Waals surface area contributed by atoms with Gasteiger partial charge in [0, 0.05) is 17.9 Å². The third-order valence-corrected chi connectivity index (χ3v) is 16.0. The fourth-order valence-corrected chi connectivity index (χ4v) is 12.4. The number of fused-ring (bicyclic) bond motifs is 3. The molecule has 7 aliphatic rings. The molecular formula is C49H58O10. The number of aliphatic carboxylic acids is 1. The Hall–Kier alpha value is -4.70. The minimum atomic E-state index is -2.27. The molecule has 1 heterocycles. The van der Waals surface area contributed by atoms with Gasteiger partial charge in [0.25, 0.3) is 0 Å². The highest BCUT2D eigenvalue weighted by Gasteiger charge is 2.65. The van der Waals surface area contributed by atoms with Crippen LogP contribution in [0, 0.1) is 71.0 Å². The average Bonchev–Trinajstić information content (AvgIpc) is 3.47. The van der Waals surface area contributed by atoms with Crippen molar-refractivity contribution in [3.63, 3.8) is 0 Å². The molecule has 4 N–H and O–H groups in total. The number of ketones is 2. The number of rotatable bonds is 8. The summed E-state index contributed by atoms with van der Waals surface area (Å²) in [6, 6.07) is 2.23. The fourth-order valence-electron chi connectivity index (χ4n) is 12.4. The molecule has 2 fully saturated rings. The second-order valence-electron chi connectivity index (χ2n) is 19.7. The van der Waals surface area contributed by atoms with E-state index in [1.807, 2.05) is 0 Å². The smallest absolute Gasteiger partial charge is 0.343 e. The van der Waals surface area contributed by atoms with E-state index in [-0.39, 0.29) is 68.4 Å². The van der Waals surface area contributed by atoms with Crippen LogP contribution >= 0.6 is 0 Å². The van der Waals surface area contributed by atoms with Crippen LogP contribution in [0.5, 0.6) is 11.5 Å². The molecule has 1 aromatic rings. The number of ether oxygens (including phenoxy) is 2. The van der Waals surface area contributed by atoms with Crippen molar-refractivity contribution in [1.29, 1.82) is 0 Å². The number of aryl methyl sites for hydroxylation is 1. The van der Waals surface area contributed by atoms with Gasteiger partial charge >= 0.3 is 11.9 Å². The van der Waals surface area contributed by atoms with Gasteiger partial charge in [0.1, 0.15) is 29.1 Å². The molecule has 59 heavy (non-hydrogen) atoms.